The third kappa shape index (κ3) is 19.0. The fourth-order valence-corrected chi connectivity index (χ4v) is 8.60. The molecule has 0 aromatic heterocycles. The van der Waals surface area contributed by atoms with E-state index in [-0.39, 0.29) is 69.8 Å². The summed E-state index contributed by atoms with van der Waals surface area (Å²) in [5.74, 6) is -3.59. The van der Waals surface area contributed by atoms with Crippen molar-refractivity contribution in [3.8, 4) is 56.8 Å². The normalized spacial score (nSPS) is 11.6. The third-order valence-electron chi connectivity index (χ3n) is 13.1. The molecule has 0 aliphatic heterocycles. The summed E-state index contributed by atoms with van der Waals surface area (Å²) in [6.07, 6.45) is 14.7. The van der Waals surface area contributed by atoms with E-state index in [1.165, 1.54) is 102 Å². The first kappa shape index (κ1) is 60.0. The highest BCUT2D eigenvalue weighted by Gasteiger charge is 2.22. The Bertz CT molecular complexity index is 2740. The number of methoxy groups -OCH3 is 2. The monoisotopic (exact) mass is 1080 g/mol. The minimum absolute atomic E-state index is 0.0277. The summed E-state index contributed by atoms with van der Waals surface area (Å²) in [7, 11) is 2.65. The molecule has 2 unspecified atom stereocenters. The Morgan fingerprint density at radius 3 is 1.01 bits per heavy atom. The number of carbonyl (C=O) groups excluding carboxylic acids is 6. The number of rotatable bonds is 30. The Morgan fingerprint density at radius 2 is 0.671 bits per heavy atom. The van der Waals surface area contributed by atoms with Gasteiger partial charge in [-0.2, -0.15) is 0 Å². The van der Waals surface area contributed by atoms with Crippen molar-refractivity contribution >= 4 is 35.8 Å². The van der Waals surface area contributed by atoms with Crippen LogP contribution in [0, 0.1) is 0 Å². The van der Waals surface area contributed by atoms with Gasteiger partial charge in [0.05, 0.1) is 48.7 Å². The smallest absolute Gasteiger partial charge is 0.343 e. The molecule has 14 heteroatoms. The molecule has 0 N–H and O–H groups in total. The van der Waals surface area contributed by atoms with Gasteiger partial charge in [-0.1, -0.05) is 127 Å². The van der Waals surface area contributed by atoms with Crippen molar-refractivity contribution in [3.05, 3.63) is 156 Å². The van der Waals surface area contributed by atoms with Crippen LogP contribution in [-0.4, -0.2) is 62.2 Å². The molecule has 6 aromatic carbocycles. The van der Waals surface area contributed by atoms with E-state index in [0.717, 1.165) is 60.8 Å². The lowest BCUT2D eigenvalue weighted by atomic mass is 10.0. The van der Waals surface area contributed by atoms with E-state index < -0.39 is 30.3 Å². The zero-order chi connectivity index (χ0) is 56.5. The number of carbonyl (C=O) groups is 6. The van der Waals surface area contributed by atoms with Gasteiger partial charge in [0.1, 0.15) is 17.9 Å². The first-order chi connectivity index (χ1) is 38.3. The number of hydrogen-bond acceptors (Lipinski definition) is 14. The molecule has 0 radical (unpaired) electrons. The van der Waals surface area contributed by atoms with Crippen molar-refractivity contribution in [2.45, 2.75) is 136 Å². The van der Waals surface area contributed by atoms with Crippen LogP contribution in [0.1, 0.15) is 165 Å². The maximum absolute atomic E-state index is 13.2. The summed E-state index contributed by atoms with van der Waals surface area (Å²) < 4.78 is 44.1. The average molecular weight is 1080 g/mol. The van der Waals surface area contributed by atoms with Gasteiger partial charge in [0, 0.05) is 0 Å². The van der Waals surface area contributed by atoms with Gasteiger partial charge in [0.2, 0.25) is 0 Å². The topological polar surface area (TPSA) is 176 Å². The maximum atomic E-state index is 13.2. The van der Waals surface area contributed by atoms with Crippen LogP contribution in [0.2, 0.25) is 0 Å². The van der Waals surface area contributed by atoms with E-state index in [2.05, 4.69) is 13.8 Å². The van der Waals surface area contributed by atoms with Gasteiger partial charge in [-0.05, 0) is 147 Å². The summed E-state index contributed by atoms with van der Waals surface area (Å²) in [5.41, 5.74) is 4.53. The minimum atomic E-state index is -0.979. The molecule has 0 aliphatic carbocycles. The second-order valence-corrected chi connectivity index (χ2v) is 19.4. The van der Waals surface area contributed by atoms with Crippen LogP contribution in [0.5, 0.6) is 34.5 Å². The van der Waals surface area contributed by atoms with Crippen molar-refractivity contribution in [2.75, 3.05) is 14.2 Å². The lowest BCUT2D eigenvalue weighted by molar-refractivity contribution is -0.144. The predicted octanol–water partition coefficient (Wildman–Crippen LogP) is 15.0. The highest BCUT2D eigenvalue weighted by molar-refractivity contribution is 5.96. The summed E-state index contributed by atoms with van der Waals surface area (Å²) >= 11 is 0. The SMILES string of the molecule is CCCCCCCCC(C)OC(=O)c1ccc(-c2ccc(OC(=O)c3ccc(OC(=O)CC(=O)Oc4ccc(C(=O)Oc5ccc(-c6ccc(C(=O)OC(C)CCCCCCCC)cc6)cc5)cc4OC)c(OC)c3)cc2)cc1. The molecule has 0 saturated heterocycles. The molecule has 416 valence electrons. The van der Waals surface area contributed by atoms with Gasteiger partial charge in [0.25, 0.3) is 0 Å². The van der Waals surface area contributed by atoms with Gasteiger partial charge >= 0.3 is 35.8 Å². The molecule has 0 bridgehead atoms. The van der Waals surface area contributed by atoms with Crippen LogP contribution < -0.4 is 28.4 Å². The lowest BCUT2D eigenvalue weighted by Gasteiger charge is -2.13. The van der Waals surface area contributed by atoms with Crippen molar-refractivity contribution in [2.24, 2.45) is 0 Å². The average Bonchev–Trinajstić information content (AvgIpc) is 3.47. The number of unbranched alkanes of at least 4 members (excludes halogenated alkanes) is 10. The van der Waals surface area contributed by atoms with Gasteiger partial charge in [-0.3, -0.25) is 9.59 Å². The van der Waals surface area contributed by atoms with Crippen molar-refractivity contribution in [1.29, 1.82) is 0 Å². The van der Waals surface area contributed by atoms with Crippen LogP contribution in [0.15, 0.2) is 133 Å². The summed E-state index contributed by atoms with van der Waals surface area (Å²) in [6.45, 7) is 8.25. The maximum Gasteiger partial charge on any atom is 0.343 e. The van der Waals surface area contributed by atoms with Gasteiger partial charge < -0.3 is 37.9 Å². The van der Waals surface area contributed by atoms with Crippen LogP contribution in [0.25, 0.3) is 22.3 Å². The molecule has 0 fully saturated rings. The fraction of sp³-hybridized carbons (Fsp3) is 0.354. The number of ether oxygens (including phenoxy) is 8. The molecule has 0 saturated carbocycles. The van der Waals surface area contributed by atoms with Crippen LogP contribution >= 0.6 is 0 Å². The summed E-state index contributed by atoms with van der Waals surface area (Å²) in [5, 5.41) is 0. The van der Waals surface area contributed by atoms with E-state index >= 15 is 0 Å². The first-order valence-corrected chi connectivity index (χ1v) is 27.3. The molecular formula is C65H72O14. The number of esters is 6. The predicted molar refractivity (Wildman–Crippen MR) is 301 cm³/mol. The standard InChI is InChI=1S/C65H72O14/c1-7-9-11-13-15-17-19-44(3)74-62(68)50-25-21-46(22-26-50)48-29-35-54(36-30-48)76-64(70)52-33-39-56(58(41-52)72-5)78-60(66)43-61(67)79-57-40-34-53(42-59(57)73-6)65(71)77-55-37-31-49(32-38-55)47-23-27-51(28-24-47)63(69)75-45(4)20-18-16-14-12-10-8-2/h21-42,44-45H,7-20,43H2,1-6H3. The van der Waals surface area contributed by atoms with E-state index in [0.29, 0.717) is 11.1 Å². The molecule has 0 spiro atoms. The zero-order valence-corrected chi connectivity index (χ0v) is 46.2. The fourth-order valence-electron chi connectivity index (χ4n) is 8.60. The van der Waals surface area contributed by atoms with Gasteiger partial charge in [-0.25, -0.2) is 19.2 Å². The van der Waals surface area contributed by atoms with E-state index in [9.17, 15) is 28.8 Å². The van der Waals surface area contributed by atoms with Crippen molar-refractivity contribution in [1.82, 2.24) is 0 Å². The molecular weight excluding hydrogens is 1000 g/mol. The molecule has 2 atom stereocenters. The minimum Gasteiger partial charge on any atom is -0.493 e. The van der Waals surface area contributed by atoms with E-state index in [4.69, 9.17) is 37.9 Å². The molecule has 14 nitrogen and oxygen atoms in total. The Kier molecular flexibility index (Phi) is 23.7. The molecule has 0 heterocycles. The highest BCUT2D eigenvalue weighted by atomic mass is 16.6. The van der Waals surface area contributed by atoms with E-state index in [1.54, 1.807) is 72.8 Å². The second-order valence-electron chi connectivity index (χ2n) is 19.4. The Balaban J connectivity index is 0.936. The lowest BCUT2D eigenvalue weighted by Crippen LogP contribution is -2.19. The third-order valence-corrected chi connectivity index (χ3v) is 13.1. The van der Waals surface area contributed by atoms with Crippen molar-refractivity contribution in [3.63, 3.8) is 0 Å². The van der Waals surface area contributed by atoms with Crippen LogP contribution in [0.3, 0.4) is 0 Å². The van der Waals surface area contributed by atoms with Gasteiger partial charge in [-0.15, -0.1) is 0 Å². The second kappa shape index (κ2) is 31.2. The Morgan fingerprint density at radius 1 is 0.354 bits per heavy atom. The number of hydrogen-bond donors (Lipinski definition) is 0. The zero-order valence-electron chi connectivity index (χ0n) is 46.2. The number of benzene rings is 6. The summed E-state index contributed by atoms with van der Waals surface area (Å²) in [4.78, 5) is 77.7. The first-order valence-electron chi connectivity index (χ1n) is 27.3. The van der Waals surface area contributed by atoms with Crippen LogP contribution in [-0.2, 0) is 19.1 Å². The summed E-state index contributed by atoms with van der Waals surface area (Å²) in [6, 6.07) is 36.1. The Hall–Kier alpha value is -8.26. The molecule has 0 aliphatic rings. The van der Waals surface area contributed by atoms with E-state index in [1.807, 2.05) is 38.1 Å². The quantitative estimate of drug-likeness (QED) is 0.0180. The molecule has 6 rings (SSSR count). The van der Waals surface area contributed by atoms with Gasteiger partial charge in [0.15, 0.2) is 23.0 Å². The largest absolute Gasteiger partial charge is 0.493 e. The molecule has 6 aromatic rings. The molecule has 0 amide bonds. The van der Waals surface area contributed by atoms with Crippen LogP contribution in [0.4, 0.5) is 0 Å². The highest BCUT2D eigenvalue weighted by Crippen LogP contribution is 2.32. The molecule has 79 heavy (non-hydrogen) atoms. The van der Waals surface area contributed by atoms with Crippen molar-refractivity contribution < 1.29 is 66.7 Å². The Labute approximate surface area is 463 Å².